The lowest BCUT2D eigenvalue weighted by molar-refractivity contribution is -0.153. The third kappa shape index (κ3) is 6.08. The van der Waals surface area contributed by atoms with Crippen LogP contribution in [0.1, 0.15) is 40.0 Å². The van der Waals surface area contributed by atoms with Gasteiger partial charge in [-0.1, -0.05) is 0 Å². The van der Waals surface area contributed by atoms with E-state index in [0.717, 1.165) is 32.5 Å². The Morgan fingerprint density at radius 3 is 2.81 bits per heavy atom. The topological polar surface area (TPSA) is 47.6 Å². The molecular weight excluding hydrogens is 206 g/mol. The predicted octanol–water partition coefficient (Wildman–Crippen LogP) is 1.49. The van der Waals surface area contributed by atoms with Gasteiger partial charge in [0.15, 0.2) is 0 Å². The molecule has 0 radical (unpaired) electrons. The van der Waals surface area contributed by atoms with Gasteiger partial charge < -0.3 is 14.8 Å². The first-order valence-corrected chi connectivity index (χ1v) is 6.00. The van der Waals surface area contributed by atoms with Crippen molar-refractivity contribution in [3.63, 3.8) is 0 Å². The number of ether oxygens (including phenoxy) is 2. The third-order valence-corrected chi connectivity index (χ3v) is 2.41. The predicted molar refractivity (Wildman–Crippen MR) is 62.3 cm³/mol. The van der Waals surface area contributed by atoms with Gasteiger partial charge in [-0.2, -0.15) is 0 Å². The van der Waals surface area contributed by atoms with Gasteiger partial charge in [-0.3, -0.25) is 4.79 Å². The quantitative estimate of drug-likeness (QED) is 0.745. The minimum Gasteiger partial charge on any atom is -0.459 e. The molecule has 0 aromatic carbocycles. The van der Waals surface area contributed by atoms with E-state index in [1.165, 1.54) is 0 Å². The molecule has 0 aliphatic carbocycles. The van der Waals surface area contributed by atoms with E-state index in [0.29, 0.717) is 12.6 Å². The molecule has 0 spiro atoms. The highest BCUT2D eigenvalue weighted by molar-refractivity contribution is 5.72. The van der Waals surface area contributed by atoms with Gasteiger partial charge in [0.05, 0.1) is 6.54 Å². The summed E-state index contributed by atoms with van der Waals surface area (Å²) in [7, 11) is 0. The molecule has 1 unspecified atom stereocenters. The van der Waals surface area contributed by atoms with Crippen molar-refractivity contribution in [2.45, 2.75) is 51.7 Å². The second-order valence-corrected chi connectivity index (χ2v) is 5.21. The van der Waals surface area contributed by atoms with Crippen LogP contribution in [0.25, 0.3) is 0 Å². The maximum atomic E-state index is 11.5. The van der Waals surface area contributed by atoms with Crippen molar-refractivity contribution in [2.24, 2.45) is 0 Å². The van der Waals surface area contributed by atoms with E-state index < -0.39 is 5.60 Å². The van der Waals surface area contributed by atoms with E-state index >= 15 is 0 Å². The molecule has 1 fully saturated rings. The molecule has 1 aliphatic rings. The Balaban J connectivity index is 2.20. The molecular formula is C12H23NO3. The van der Waals surface area contributed by atoms with Crippen LogP contribution in [0, 0.1) is 0 Å². The molecule has 0 amide bonds. The summed E-state index contributed by atoms with van der Waals surface area (Å²) >= 11 is 0. The summed E-state index contributed by atoms with van der Waals surface area (Å²) < 4.78 is 10.6. The Labute approximate surface area is 97.7 Å². The fourth-order valence-corrected chi connectivity index (χ4v) is 1.71. The van der Waals surface area contributed by atoms with E-state index in [9.17, 15) is 4.79 Å². The summed E-state index contributed by atoms with van der Waals surface area (Å²) in [4.78, 5) is 11.5. The second kappa shape index (κ2) is 6.21. The van der Waals surface area contributed by atoms with Gasteiger partial charge in [0.25, 0.3) is 0 Å². The number of rotatable bonds is 3. The standard InChI is InChI=1S/C12H23NO3/c1-12(2,3)16-11(14)9-13-10-5-4-7-15-8-6-10/h10,13H,4-9H2,1-3H3. The molecule has 0 bridgehead atoms. The SMILES string of the molecule is CC(C)(C)OC(=O)CNC1CCCOCC1. The van der Waals surface area contributed by atoms with E-state index in [2.05, 4.69) is 5.32 Å². The summed E-state index contributed by atoms with van der Waals surface area (Å²) in [5.74, 6) is -0.183. The Bertz CT molecular complexity index is 215. The minimum atomic E-state index is -0.397. The van der Waals surface area contributed by atoms with Crippen molar-refractivity contribution in [3.8, 4) is 0 Å². The molecule has 0 aromatic heterocycles. The second-order valence-electron chi connectivity index (χ2n) is 5.21. The van der Waals surface area contributed by atoms with Crippen LogP contribution < -0.4 is 5.32 Å². The average Bonchev–Trinajstić information content (AvgIpc) is 2.39. The van der Waals surface area contributed by atoms with E-state index in [1.54, 1.807) is 0 Å². The largest absolute Gasteiger partial charge is 0.459 e. The lowest BCUT2D eigenvalue weighted by Gasteiger charge is -2.21. The Morgan fingerprint density at radius 2 is 2.12 bits per heavy atom. The average molecular weight is 229 g/mol. The molecule has 4 nitrogen and oxygen atoms in total. The van der Waals surface area contributed by atoms with Gasteiger partial charge >= 0.3 is 5.97 Å². The van der Waals surface area contributed by atoms with Crippen molar-refractivity contribution in [3.05, 3.63) is 0 Å². The van der Waals surface area contributed by atoms with Crippen LogP contribution in [0.3, 0.4) is 0 Å². The molecule has 1 aliphatic heterocycles. The van der Waals surface area contributed by atoms with Crippen LogP contribution >= 0.6 is 0 Å². The molecule has 4 heteroatoms. The molecule has 1 saturated heterocycles. The van der Waals surface area contributed by atoms with E-state index in [4.69, 9.17) is 9.47 Å². The first-order chi connectivity index (χ1) is 7.47. The molecule has 1 heterocycles. The smallest absolute Gasteiger partial charge is 0.320 e. The van der Waals surface area contributed by atoms with Crippen molar-refractivity contribution in [2.75, 3.05) is 19.8 Å². The lowest BCUT2D eigenvalue weighted by atomic mass is 10.1. The molecule has 16 heavy (non-hydrogen) atoms. The van der Waals surface area contributed by atoms with Crippen LogP contribution in [0.5, 0.6) is 0 Å². The molecule has 1 atom stereocenters. The highest BCUT2D eigenvalue weighted by atomic mass is 16.6. The number of carbonyl (C=O) groups is 1. The van der Waals surface area contributed by atoms with Gasteiger partial charge in [0.1, 0.15) is 5.60 Å². The number of nitrogens with one attached hydrogen (secondary N) is 1. The minimum absolute atomic E-state index is 0.183. The molecule has 0 aromatic rings. The lowest BCUT2D eigenvalue weighted by Crippen LogP contribution is -2.37. The van der Waals surface area contributed by atoms with Crippen molar-refractivity contribution in [1.29, 1.82) is 0 Å². The third-order valence-electron chi connectivity index (χ3n) is 2.41. The van der Waals surface area contributed by atoms with Gasteiger partial charge in [0, 0.05) is 19.3 Å². The van der Waals surface area contributed by atoms with Gasteiger partial charge in [-0.25, -0.2) is 0 Å². The van der Waals surface area contributed by atoms with Crippen LogP contribution in [-0.4, -0.2) is 37.4 Å². The van der Waals surface area contributed by atoms with Crippen molar-refractivity contribution in [1.82, 2.24) is 5.32 Å². The first-order valence-electron chi connectivity index (χ1n) is 6.00. The zero-order valence-electron chi connectivity index (χ0n) is 10.5. The zero-order valence-corrected chi connectivity index (χ0v) is 10.5. The molecule has 0 saturated carbocycles. The summed E-state index contributed by atoms with van der Waals surface area (Å²) in [5, 5.41) is 3.23. The van der Waals surface area contributed by atoms with Crippen molar-refractivity contribution >= 4 is 5.97 Å². The number of esters is 1. The molecule has 94 valence electrons. The van der Waals surface area contributed by atoms with Crippen LogP contribution in [-0.2, 0) is 14.3 Å². The number of hydrogen-bond acceptors (Lipinski definition) is 4. The van der Waals surface area contributed by atoms with Crippen molar-refractivity contribution < 1.29 is 14.3 Å². The maximum absolute atomic E-state index is 11.5. The Kier molecular flexibility index (Phi) is 5.22. The summed E-state index contributed by atoms with van der Waals surface area (Å²) in [6, 6.07) is 0.384. The molecule has 1 rings (SSSR count). The summed E-state index contributed by atoms with van der Waals surface area (Å²) in [6.45, 7) is 7.55. The van der Waals surface area contributed by atoms with Gasteiger partial charge in [-0.05, 0) is 40.0 Å². The highest BCUT2D eigenvalue weighted by Crippen LogP contribution is 2.09. The van der Waals surface area contributed by atoms with Crippen LogP contribution in [0.15, 0.2) is 0 Å². The van der Waals surface area contributed by atoms with Crippen LogP contribution in [0.2, 0.25) is 0 Å². The van der Waals surface area contributed by atoms with Crippen LogP contribution in [0.4, 0.5) is 0 Å². The summed E-state index contributed by atoms with van der Waals surface area (Å²) in [6.07, 6.45) is 3.11. The fraction of sp³-hybridized carbons (Fsp3) is 0.917. The first kappa shape index (κ1) is 13.5. The maximum Gasteiger partial charge on any atom is 0.320 e. The number of hydrogen-bond donors (Lipinski definition) is 1. The highest BCUT2D eigenvalue weighted by Gasteiger charge is 2.18. The monoisotopic (exact) mass is 229 g/mol. The summed E-state index contributed by atoms with van der Waals surface area (Å²) in [5.41, 5.74) is -0.397. The Hall–Kier alpha value is -0.610. The van der Waals surface area contributed by atoms with Gasteiger partial charge in [-0.15, -0.1) is 0 Å². The Morgan fingerprint density at radius 1 is 1.38 bits per heavy atom. The van der Waals surface area contributed by atoms with Gasteiger partial charge in [0.2, 0.25) is 0 Å². The normalized spacial score (nSPS) is 22.6. The number of carbonyl (C=O) groups excluding carboxylic acids is 1. The van der Waals surface area contributed by atoms with E-state index in [1.807, 2.05) is 20.8 Å². The zero-order chi connectivity index (χ0) is 12.0. The fourth-order valence-electron chi connectivity index (χ4n) is 1.71. The molecule has 1 N–H and O–H groups in total. The van der Waals surface area contributed by atoms with E-state index in [-0.39, 0.29) is 5.97 Å².